The van der Waals surface area contributed by atoms with Crippen LogP contribution in [-0.4, -0.2) is 42.2 Å². The molecule has 1 aromatic rings. The molecule has 0 bridgehead atoms. The van der Waals surface area contributed by atoms with Crippen molar-refractivity contribution in [2.45, 2.75) is 17.9 Å². The molecule has 0 aliphatic carbocycles. The molecule has 0 aromatic carbocycles. The normalized spacial score (nSPS) is 11.9. The first-order valence-corrected chi connectivity index (χ1v) is 5.81. The maximum Gasteiger partial charge on any atom is 0.318 e. The molecule has 0 amide bonds. The first-order valence-electron chi connectivity index (χ1n) is 4.33. The van der Waals surface area contributed by atoms with Gasteiger partial charge in [-0.3, -0.25) is 9.48 Å². The molecule has 1 rings (SSSR count). The third kappa shape index (κ3) is 4.07. The van der Waals surface area contributed by atoms with Crippen LogP contribution in [0.1, 0.15) is 0 Å². The molecule has 0 radical (unpaired) electrons. The second-order valence-electron chi connectivity index (χ2n) is 3.01. The van der Waals surface area contributed by atoms with Crippen LogP contribution < -0.4 is 4.72 Å². The zero-order valence-corrected chi connectivity index (χ0v) is 9.19. The molecule has 96 valence electrons. The molecule has 10 heteroatoms. The minimum atomic E-state index is -4.03. The van der Waals surface area contributed by atoms with Gasteiger partial charge in [0.15, 0.2) is 0 Å². The van der Waals surface area contributed by atoms with Crippen LogP contribution in [0.4, 0.5) is 8.78 Å². The Kier molecular flexibility index (Phi) is 4.12. The third-order valence-corrected chi connectivity index (χ3v) is 3.01. The van der Waals surface area contributed by atoms with Gasteiger partial charge in [-0.15, -0.1) is 0 Å². The number of aromatic nitrogens is 2. The van der Waals surface area contributed by atoms with E-state index in [2.05, 4.69) is 5.10 Å². The molecular formula is C7H9F2N3O4S. The summed E-state index contributed by atoms with van der Waals surface area (Å²) in [5.41, 5.74) is 0. The van der Waals surface area contributed by atoms with E-state index in [0.717, 1.165) is 17.1 Å². The zero-order chi connectivity index (χ0) is 13.1. The summed E-state index contributed by atoms with van der Waals surface area (Å²) in [4.78, 5) is 9.82. The second kappa shape index (κ2) is 5.19. The highest BCUT2D eigenvalue weighted by atomic mass is 32.2. The van der Waals surface area contributed by atoms with E-state index < -0.39 is 35.5 Å². The van der Waals surface area contributed by atoms with Gasteiger partial charge in [0.25, 0.3) is 6.43 Å². The second-order valence-corrected chi connectivity index (χ2v) is 4.77. The smallest absolute Gasteiger partial charge is 0.318 e. The highest BCUT2D eigenvalue weighted by Crippen LogP contribution is 2.07. The van der Waals surface area contributed by atoms with Gasteiger partial charge in [0.1, 0.15) is 18.0 Å². The number of hydrogen-bond donors (Lipinski definition) is 2. The molecule has 1 heterocycles. The number of carboxylic acid groups (broad SMARTS) is 1. The van der Waals surface area contributed by atoms with Gasteiger partial charge < -0.3 is 5.11 Å². The SMILES string of the molecule is O=C(O)CNS(=O)(=O)c1cnn(CC(F)F)c1. The Labute approximate surface area is 95.1 Å². The maximum atomic E-state index is 12.0. The van der Waals surface area contributed by atoms with Crippen molar-refractivity contribution in [3.63, 3.8) is 0 Å². The lowest BCUT2D eigenvalue weighted by molar-refractivity contribution is -0.135. The summed E-state index contributed by atoms with van der Waals surface area (Å²) >= 11 is 0. The molecule has 0 saturated heterocycles. The average Bonchev–Trinajstić information content (AvgIpc) is 2.63. The lowest BCUT2D eigenvalue weighted by Gasteiger charge is -2.01. The number of nitrogens with one attached hydrogen (secondary N) is 1. The van der Waals surface area contributed by atoms with Gasteiger partial charge in [-0.05, 0) is 0 Å². The number of halogens is 2. The number of aliphatic carboxylic acids is 1. The molecule has 17 heavy (non-hydrogen) atoms. The molecule has 0 aliphatic heterocycles. The van der Waals surface area contributed by atoms with E-state index in [1.165, 1.54) is 0 Å². The highest BCUT2D eigenvalue weighted by Gasteiger charge is 2.18. The van der Waals surface area contributed by atoms with Crippen molar-refractivity contribution >= 4 is 16.0 Å². The fourth-order valence-corrected chi connectivity index (χ4v) is 1.89. The number of carboxylic acids is 1. The van der Waals surface area contributed by atoms with E-state index in [9.17, 15) is 22.0 Å². The number of rotatable bonds is 6. The minimum Gasteiger partial charge on any atom is -0.480 e. The fourth-order valence-electron chi connectivity index (χ4n) is 0.965. The quantitative estimate of drug-likeness (QED) is 0.725. The summed E-state index contributed by atoms with van der Waals surface area (Å²) in [6, 6.07) is 0. The van der Waals surface area contributed by atoms with Crippen molar-refractivity contribution < 1.29 is 27.1 Å². The Morgan fingerprint density at radius 3 is 2.76 bits per heavy atom. The van der Waals surface area contributed by atoms with Gasteiger partial charge in [-0.2, -0.15) is 9.82 Å². The van der Waals surface area contributed by atoms with E-state index in [4.69, 9.17) is 5.11 Å². The summed E-state index contributed by atoms with van der Waals surface area (Å²) in [6.45, 7) is -1.52. The third-order valence-electron chi connectivity index (χ3n) is 1.66. The number of nitrogens with zero attached hydrogens (tertiary/aromatic N) is 2. The molecule has 0 fully saturated rings. The summed E-state index contributed by atoms with van der Waals surface area (Å²) in [5.74, 6) is -1.35. The summed E-state index contributed by atoms with van der Waals surface area (Å²) in [5, 5.41) is 11.7. The Morgan fingerprint density at radius 1 is 1.59 bits per heavy atom. The Morgan fingerprint density at radius 2 is 2.24 bits per heavy atom. The van der Waals surface area contributed by atoms with Gasteiger partial charge >= 0.3 is 5.97 Å². The Bertz CT molecular complexity index is 499. The van der Waals surface area contributed by atoms with Gasteiger partial charge in [-0.25, -0.2) is 17.2 Å². The first-order chi connectivity index (χ1) is 7.81. The minimum absolute atomic E-state index is 0.362. The molecular weight excluding hydrogens is 260 g/mol. The number of carbonyl (C=O) groups is 1. The Hall–Kier alpha value is -1.55. The predicted octanol–water partition coefficient (Wildman–Crippen LogP) is -0.489. The molecule has 7 nitrogen and oxygen atoms in total. The molecule has 0 unspecified atom stereocenters. The van der Waals surface area contributed by atoms with Crippen molar-refractivity contribution in [1.82, 2.24) is 14.5 Å². The Balaban J connectivity index is 2.78. The van der Waals surface area contributed by atoms with Crippen molar-refractivity contribution in [3.05, 3.63) is 12.4 Å². The van der Waals surface area contributed by atoms with Crippen LogP contribution in [0.25, 0.3) is 0 Å². The summed E-state index contributed by atoms with van der Waals surface area (Å²) in [7, 11) is -4.03. The van der Waals surface area contributed by atoms with E-state index in [1.807, 2.05) is 0 Å². The molecule has 0 spiro atoms. The zero-order valence-electron chi connectivity index (χ0n) is 8.38. The molecule has 0 atom stereocenters. The van der Waals surface area contributed by atoms with E-state index in [0.29, 0.717) is 0 Å². The lowest BCUT2D eigenvalue weighted by Crippen LogP contribution is -2.29. The van der Waals surface area contributed by atoms with Gasteiger partial charge in [0.05, 0.1) is 6.20 Å². The van der Waals surface area contributed by atoms with Gasteiger partial charge in [0, 0.05) is 6.20 Å². The van der Waals surface area contributed by atoms with Gasteiger partial charge in [0.2, 0.25) is 10.0 Å². The largest absolute Gasteiger partial charge is 0.480 e. The number of alkyl halides is 2. The van der Waals surface area contributed by atoms with Crippen LogP contribution >= 0.6 is 0 Å². The molecule has 1 aromatic heterocycles. The average molecular weight is 269 g/mol. The van der Waals surface area contributed by atoms with Crippen LogP contribution in [0.15, 0.2) is 17.3 Å². The maximum absolute atomic E-state index is 12.0. The summed E-state index contributed by atoms with van der Waals surface area (Å²) < 4.78 is 49.3. The van der Waals surface area contributed by atoms with Crippen molar-refractivity contribution in [1.29, 1.82) is 0 Å². The van der Waals surface area contributed by atoms with E-state index in [-0.39, 0.29) is 4.90 Å². The number of hydrogen-bond acceptors (Lipinski definition) is 4. The molecule has 0 saturated carbocycles. The van der Waals surface area contributed by atoms with Crippen LogP contribution in [-0.2, 0) is 21.4 Å². The van der Waals surface area contributed by atoms with Crippen molar-refractivity contribution in [3.8, 4) is 0 Å². The van der Waals surface area contributed by atoms with E-state index in [1.54, 1.807) is 4.72 Å². The van der Waals surface area contributed by atoms with Crippen LogP contribution in [0.2, 0.25) is 0 Å². The van der Waals surface area contributed by atoms with E-state index >= 15 is 0 Å². The number of sulfonamides is 1. The molecule has 0 aliphatic rings. The molecule has 2 N–H and O–H groups in total. The summed E-state index contributed by atoms with van der Waals surface area (Å²) in [6.07, 6.45) is -0.888. The standard InChI is InChI=1S/C7H9F2N3O4S/c8-6(9)4-12-3-5(1-10-12)17(15,16)11-2-7(13)14/h1,3,6,11H,2,4H2,(H,13,14). The fraction of sp³-hybridized carbons (Fsp3) is 0.429. The van der Waals surface area contributed by atoms with Crippen LogP contribution in [0.5, 0.6) is 0 Å². The van der Waals surface area contributed by atoms with Crippen molar-refractivity contribution in [2.75, 3.05) is 6.54 Å². The topological polar surface area (TPSA) is 101 Å². The monoisotopic (exact) mass is 269 g/mol. The van der Waals surface area contributed by atoms with Crippen LogP contribution in [0, 0.1) is 0 Å². The van der Waals surface area contributed by atoms with Crippen LogP contribution in [0.3, 0.4) is 0 Å². The highest BCUT2D eigenvalue weighted by molar-refractivity contribution is 7.89. The first kappa shape index (κ1) is 13.5. The van der Waals surface area contributed by atoms with Gasteiger partial charge in [-0.1, -0.05) is 0 Å². The lowest BCUT2D eigenvalue weighted by atomic mass is 10.7. The van der Waals surface area contributed by atoms with Crippen molar-refractivity contribution in [2.24, 2.45) is 0 Å². The predicted molar refractivity (Wildman–Crippen MR) is 51.1 cm³/mol.